The minimum Gasteiger partial charge on any atom is -0.385 e. The molecule has 0 atom stereocenters. The van der Waals surface area contributed by atoms with E-state index in [4.69, 9.17) is 0 Å². The maximum Gasteiger partial charge on any atom is 0.234 e. The van der Waals surface area contributed by atoms with Crippen molar-refractivity contribution in [3.63, 3.8) is 0 Å². The summed E-state index contributed by atoms with van der Waals surface area (Å²) in [6, 6.07) is 1.30. The predicted molar refractivity (Wildman–Crippen MR) is 54.7 cm³/mol. The Morgan fingerprint density at radius 2 is 1.62 bits per heavy atom. The normalized spacial score (nSPS) is 14.9. The van der Waals surface area contributed by atoms with Gasteiger partial charge in [-0.2, -0.15) is 0 Å². The molecule has 1 rings (SSSR count). The van der Waals surface area contributed by atoms with Crippen LogP contribution in [0.3, 0.4) is 0 Å². The summed E-state index contributed by atoms with van der Waals surface area (Å²) in [7, 11) is 0. The van der Waals surface area contributed by atoms with Crippen molar-refractivity contribution in [2.45, 2.75) is 39.8 Å². The van der Waals surface area contributed by atoms with Crippen molar-refractivity contribution < 1.29 is 34.8 Å². The van der Waals surface area contributed by atoms with Gasteiger partial charge in [0.1, 0.15) is 13.1 Å². The first-order valence-electron chi connectivity index (χ1n) is 5.04. The SMILES string of the molecule is CC(C)N1C=[N+](C(C)C)CC1.F[C-](F)F.[Cu]. The zero-order valence-corrected chi connectivity index (χ0v) is 10.9. The van der Waals surface area contributed by atoms with Crippen LogP contribution in [0.1, 0.15) is 27.7 Å². The summed E-state index contributed by atoms with van der Waals surface area (Å²) >= 11 is 0. The van der Waals surface area contributed by atoms with E-state index >= 15 is 0 Å². The van der Waals surface area contributed by atoms with Crippen molar-refractivity contribution in [1.82, 2.24) is 4.90 Å². The molecule has 16 heavy (non-hydrogen) atoms. The van der Waals surface area contributed by atoms with E-state index in [9.17, 15) is 13.2 Å². The molecular formula is C10H19CuF3N2. The van der Waals surface area contributed by atoms with Gasteiger partial charge in [0.05, 0.1) is 12.1 Å². The van der Waals surface area contributed by atoms with Gasteiger partial charge >= 0.3 is 0 Å². The smallest absolute Gasteiger partial charge is 0.234 e. The molecule has 0 N–H and O–H groups in total. The van der Waals surface area contributed by atoms with Crippen molar-refractivity contribution in [3.8, 4) is 0 Å². The molecule has 1 aliphatic heterocycles. The Balaban J connectivity index is 0. The Labute approximate surface area is 106 Å². The summed E-state index contributed by atoms with van der Waals surface area (Å²) in [4.78, 5) is 2.39. The Hall–Kier alpha value is -0.221. The summed E-state index contributed by atoms with van der Waals surface area (Å²) < 4.78 is 31.1. The van der Waals surface area contributed by atoms with E-state index < -0.39 is 6.68 Å². The van der Waals surface area contributed by atoms with Gasteiger partial charge in [0, 0.05) is 17.1 Å². The van der Waals surface area contributed by atoms with Crippen LogP contribution in [0.25, 0.3) is 0 Å². The van der Waals surface area contributed by atoms with Gasteiger partial charge in [0.15, 0.2) is 6.68 Å². The molecule has 2 nitrogen and oxygen atoms in total. The summed E-state index contributed by atoms with van der Waals surface area (Å²) in [5.41, 5.74) is 0. The van der Waals surface area contributed by atoms with Crippen molar-refractivity contribution in [2.75, 3.05) is 13.1 Å². The molecular weight excluding hydrogens is 269 g/mol. The summed E-state index contributed by atoms with van der Waals surface area (Å²) in [6.07, 6.45) is 2.26. The topological polar surface area (TPSA) is 6.25 Å². The standard InChI is InChI=1S/C9H19N2.CF3.Cu/c1-8(2)10-5-6-11(7-10)9(3)4;2-1(3)4;/h7-9H,5-6H2,1-4H3;;/q+1;-1;. The molecule has 0 saturated carbocycles. The number of hydrogen-bond acceptors (Lipinski definition) is 1. The van der Waals surface area contributed by atoms with Crippen LogP contribution in [0.15, 0.2) is 0 Å². The van der Waals surface area contributed by atoms with E-state index in [1.807, 2.05) is 0 Å². The predicted octanol–water partition coefficient (Wildman–Crippen LogP) is 2.50. The van der Waals surface area contributed by atoms with Crippen molar-refractivity contribution in [1.29, 1.82) is 0 Å². The van der Waals surface area contributed by atoms with Gasteiger partial charge in [0.25, 0.3) is 0 Å². The maximum absolute atomic E-state index is 9.58. The van der Waals surface area contributed by atoms with E-state index in [1.165, 1.54) is 13.1 Å². The third kappa shape index (κ3) is 7.99. The maximum atomic E-state index is 9.58. The van der Waals surface area contributed by atoms with E-state index in [2.05, 4.69) is 43.5 Å². The molecule has 1 aliphatic rings. The third-order valence-electron chi connectivity index (χ3n) is 2.24. The second-order valence-electron chi connectivity index (χ2n) is 3.99. The largest absolute Gasteiger partial charge is 0.385 e. The first-order chi connectivity index (χ1) is 6.84. The van der Waals surface area contributed by atoms with Gasteiger partial charge in [-0.1, -0.05) is 0 Å². The van der Waals surface area contributed by atoms with Gasteiger partial charge in [-0.3, -0.25) is 9.48 Å². The quantitative estimate of drug-likeness (QED) is 0.430. The third-order valence-corrected chi connectivity index (χ3v) is 2.24. The minimum atomic E-state index is -3.08. The molecule has 6 heteroatoms. The zero-order valence-electron chi connectivity index (χ0n) is 9.98. The van der Waals surface area contributed by atoms with E-state index in [0.717, 1.165) is 0 Å². The molecule has 0 aromatic heterocycles. The van der Waals surface area contributed by atoms with Crippen LogP contribution in [-0.4, -0.2) is 41.0 Å². The minimum absolute atomic E-state index is 0. The number of halogens is 3. The van der Waals surface area contributed by atoms with E-state index in [-0.39, 0.29) is 17.1 Å². The molecule has 101 valence electrons. The van der Waals surface area contributed by atoms with Crippen molar-refractivity contribution in [3.05, 3.63) is 6.68 Å². The Morgan fingerprint density at radius 3 is 1.81 bits per heavy atom. The molecule has 0 unspecified atom stereocenters. The molecule has 0 spiro atoms. The van der Waals surface area contributed by atoms with Gasteiger partial charge in [0.2, 0.25) is 6.34 Å². The van der Waals surface area contributed by atoms with Gasteiger partial charge in [-0.15, -0.1) is 0 Å². The van der Waals surface area contributed by atoms with Crippen LogP contribution >= 0.6 is 0 Å². The van der Waals surface area contributed by atoms with Gasteiger partial charge < -0.3 is 13.2 Å². The van der Waals surface area contributed by atoms with E-state index in [0.29, 0.717) is 12.1 Å². The Kier molecular flexibility index (Phi) is 10.1. The van der Waals surface area contributed by atoms with Crippen LogP contribution in [0.2, 0.25) is 0 Å². The molecule has 0 aromatic rings. The van der Waals surface area contributed by atoms with Gasteiger partial charge in [-0.05, 0) is 27.7 Å². The molecule has 0 aromatic carbocycles. The van der Waals surface area contributed by atoms with E-state index in [1.54, 1.807) is 0 Å². The zero-order chi connectivity index (χ0) is 12.0. The number of hydrogen-bond donors (Lipinski definition) is 0. The second-order valence-corrected chi connectivity index (χ2v) is 3.99. The van der Waals surface area contributed by atoms with Crippen molar-refractivity contribution >= 4 is 6.34 Å². The molecule has 0 saturated heterocycles. The fourth-order valence-electron chi connectivity index (χ4n) is 1.32. The van der Waals surface area contributed by atoms with Crippen molar-refractivity contribution in [2.24, 2.45) is 0 Å². The molecule has 1 heterocycles. The first-order valence-corrected chi connectivity index (χ1v) is 5.04. The molecule has 1 radical (unpaired) electrons. The molecule has 0 bridgehead atoms. The molecule has 0 fully saturated rings. The monoisotopic (exact) mass is 287 g/mol. The van der Waals surface area contributed by atoms with Crippen LogP contribution in [0, 0.1) is 6.68 Å². The summed E-state index contributed by atoms with van der Waals surface area (Å²) in [5, 5.41) is 0. The average molecular weight is 288 g/mol. The first kappa shape index (κ1) is 18.2. The van der Waals surface area contributed by atoms with Crippen LogP contribution in [0.4, 0.5) is 13.2 Å². The number of nitrogens with zero attached hydrogens (tertiary/aromatic N) is 2. The van der Waals surface area contributed by atoms with Gasteiger partial charge in [-0.25, -0.2) is 0 Å². The van der Waals surface area contributed by atoms with Crippen LogP contribution in [-0.2, 0) is 17.1 Å². The number of rotatable bonds is 2. The summed E-state index contributed by atoms with van der Waals surface area (Å²) in [6.45, 7) is 8.24. The fraction of sp³-hybridized carbons (Fsp3) is 0.800. The van der Waals surface area contributed by atoms with Crippen LogP contribution in [0.5, 0.6) is 0 Å². The molecule has 0 amide bonds. The Bertz CT molecular complexity index is 205. The van der Waals surface area contributed by atoms with Crippen LogP contribution < -0.4 is 0 Å². The fourth-order valence-corrected chi connectivity index (χ4v) is 1.32. The Morgan fingerprint density at radius 1 is 1.19 bits per heavy atom. The second kappa shape index (κ2) is 8.88. The summed E-state index contributed by atoms with van der Waals surface area (Å²) in [5.74, 6) is 0. The molecule has 0 aliphatic carbocycles. The average Bonchev–Trinajstić information content (AvgIpc) is 2.49.